The highest BCUT2D eigenvalue weighted by molar-refractivity contribution is 7.89. The van der Waals surface area contributed by atoms with E-state index in [0.717, 1.165) is 24.0 Å². The van der Waals surface area contributed by atoms with E-state index in [2.05, 4.69) is 20.1 Å². The zero-order chi connectivity index (χ0) is 20.3. The Bertz CT molecular complexity index is 1070. The summed E-state index contributed by atoms with van der Waals surface area (Å²) in [5.74, 6) is -0.190. The van der Waals surface area contributed by atoms with E-state index < -0.39 is 10.0 Å². The number of nitrogens with one attached hydrogen (secondary N) is 2. The van der Waals surface area contributed by atoms with E-state index in [0.29, 0.717) is 18.7 Å². The zero-order valence-corrected chi connectivity index (χ0v) is 16.5. The van der Waals surface area contributed by atoms with E-state index in [-0.39, 0.29) is 16.8 Å². The molecule has 1 aliphatic rings. The summed E-state index contributed by atoms with van der Waals surface area (Å²) in [4.78, 5) is 16.5. The summed E-state index contributed by atoms with van der Waals surface area (Å²) < 4.78 is 28.7. The van der Waals surface area contributed by atoms with Crippen LogP contribution in [0.2, 0.25) is 0 Å². The Balaban J connectivity index is 1.32. The van der Waals surface area contributed by atoms with Gasteiger partial charge in [-0.15, -0.1) is 0 Å². The van der Waals surface area contributed by atoms with Crippen LogP contribution in [0.5, 0.6) is 0 Å². The zero-order valence-electron chi connectivity index (χ0n) is 15.7. The number of aromatic nitrogens is 3. The Morgan fingerprint density at radius 2 is 1.72 bits per heavy atom. The van der Waals surface area contributed by atoms with Gasteiger partial charge in [-0.05, 0) is 48.2 Å². The maximum Gasteiger partial charge on any atom is 0.251 e. The molecule has 4 rings (SSSR count). The van der Waals surface area contributed by atoms with Crippen molar-refractivity contribution in [2.75, 3.05) is 0 Å². The van der Waals surface area contributed by atoms with Gasteiger partial charge in [-0.3, -0.25) is 4.79 Å². The van der Waals surface area contributed by atoms with Gasteiger partial charge in [0.15, 0.2) is 0 Å². The van der Waals surface area contributed by atoms with Gasteiger partial charge in [0.2, 0.25) is 10.0 Å². The van der Waals surface area contributed by atoms with Gasteiger partial charge in [0.25, 0.3) is 5.91 Å². The molecule has 1 amide bonds. The number of benzene rings is 2. The van der Waals surface area contributed by atoms with Gasteiger partial charge in [0, 0.05) is 18.2 Å². The first kappa shape index (κ1) is 19.3. The lowest BCUT2D eigenvalue weighted by molar-refractivity contribution is 0.0951. The van der Waals surface area contributed by atoms with Gasteiger partial charge in [0.1, 0.15) is 12.7 Å². The summed E-state index contributed by atoms with van der Waals surface area (Å²) in [6.45, 7) is 0.905. The molecule has 9 heteroatoms. The fourth-order valence-corrected chi connectivity index (χ4v) is 4.13. The third-order valence-corrected chi connectivity index (χ3v) is 6.15. The van der Waals surface area contributed by atoms with Gasteiger partial charge >= 0.3 is 0 Å². The average Bonchev–Trinajstić information content (AvgIpc) is 3.37. The number of carbonyl (C=O) groups is 1. The van der Waals surface area contributed by atoms with Gasteiger partial charge in [-0.1, -0.05) is 24.3 Å². The number of carbonyl (C=O) groups excluding carboxylic acids is 1. The molecule has 0 spiro atoms. The van der Waals surface area contributed by atoms with Crippen LogP contribution >= 0.6 is 0 Å². The molecular formula is C20H21N5O3S. The van der Waals surface area contributed by atoms with Crippen LogP contribution in [-0.4, -0.2) is 35.1 Å². The first-order valence-corrected chi connectivity index (χ1v) is 10.8. The third-order valence-electron chi connectivity index (χ3n) is 4.61. The van der Waals surface area contributed by atoms with Crippen molar-refractivity contribution in [3.05, 3.63) is 77.9 Å². The van der Waals surface area contributed by atoms with Crippen LogP contribution in [0.3, 0.4) is 0 Å². The number of rotatable bonds is 8. The molecular weight excluding hydrogens is 390 g/mol. The van der Waals surface area contributed by atoms with Crippen molar-refractivity contribution in [2.45, 2.75) is 36.9 Å². The molecule has 0 bridgehead atoms. The molecule has 3 aromatic rings. The van der Waals surface area contributed by atoms with Crippen LogP contribution in [0.25, 0.3) is 0 Å². The minimum Gasteiger partial charge on any atom is -0.348 e. The number of hydrogen-bond acceptors (Lipinski definition) is 5. The summed E-state index contributed by atoms with van der Waals surface area (Å²) in [5, 5.41) is 6.90. The van der Waals surface area contributed by atoms with Crippen LogP contribution < -0.4 is 10.0 Å². The lowest BCUT2D eigenvalue weighted by Gasteiger charge is -2.08. The van der Waals surface area contributed by atoms with Crippen molar-refractivity contribution in [2.24, 2.45) is 0 Å². The highest BCUT2D eigenvalue weighted by atomic mass is 32.2. The van der Waals surface area contributed by atoms with Crippen LogP contribution in [-0.2, 0) is 23.1 Å². The van der Waals surface area contributed by atoms with Crippen LogP contribution in [0.4, 0.5) is 0 Å². The molecule has 1 fully saturated rings. The maximum atomic E-state index is 12.4. The highest BCUT2D eigenvalue weighted by Gasteiger charge is 2.27. The number of sulfonamides is 1. The predicted octanol–water partition coefficient (Wildman–Crippen LogP) is 1.70. The smallest absolute Gasteiger partial charge is 0.251 e. The van der Waals surface area contributed by atoms with Crippen molar-refractivity contribution in [3.63, 3.8) is 0 Å². The Morgan fingerprint density at radius 3 is 2.34 bits per heavy atom. The molecule has 1 saturated carbocycles. The summed E-state index contributed by atoms with van der Waals surface area (Å²) in [7, 11) is -3.46. The maximum absolute atomic E-state index is 12.4. The molecule has 0 radical (unpaired) electrons. The SMILES string of the molecule is O=C(NCc1ccc(S(=O)(=O)NC2CC2)cc1)c1ccc(Cn2cncn2)cc1. The van der Waals surface area contributed by atoms with Gasteiger partial charge in [0.05, 0.1) is 11.4 Å². The third kappa shape index (κ3) is 5.07. The highest BCUT2D eigenvalue weighted by Crippen LogP contribution is 2.22. The Labute approximate surface area is 169 Å². The van der Waals surface area contributed by atoms with Gasteiger partial charge < -0.3 is 5.32 Å². The van der Waals surface area contributed by atoms with Crippen molar-refractivity contribution in [1.29, 1.82) is 0 Å². The molecule has 29 heavy (non-hydrogen) atoms. The lowest BCUT2D eigenvalue weighted by Crippen LogP contribution is -2.26. The Morgan fingerprint density at radius 1 is 1.03 bits per heavy atom. The lowest BCUT2D eigenvalue weighted by atomic mass is 10.1. The quantitative estimate of drug-likeness (QED) is 0.587. The van der Waals surface area contributed by atoms with Crippen molar-refractivity contribution >= 4 is 15.9 Å². The van der Waals surface area contributed by atoms with E-state index in [1.165, 1.54) is 6.33 Å². The molecule has 0 atom stereocenters. The summed E-state index contributed by atoms with van der Waals surface area (Å²) in [5.41, 5.74) is 2.40. The minimum atomic E-state index is -3.46. The second-order valence-corrected chi connectivity index (χ2v) is 8.73. The Kier molecular flexibility index (Phi) is 5.41. The van der Waals surface area contributed by atoms with E-state index >= 15 is 0 Å². The summed E-state index contributed by atoms with van der Waals surface area (Å²) in [6, 6.07) is 13.9. The van der Waals surface area contributed by atoms with Crippen LogP contribution in [0.1, 0.15) is 34.3 Å². The van der Waals surface area contributed by atoms with Gasteiger partial charge in [-0.25, -0.2) is 22.8 Å². The second-order valence-electron chi connectivity index (χ2n) is 7.01. The number of amides is 1. The van der Waals surface area contributed by atoms with E-state index in [9.17, 15) is 13.2 Å². The molecule has 1 aromatic heterocycles. The first-order chi connectivity index (χ1) is 14.0. The molecule has 0 unspecified atom stereocenters. The standard InChI is InChI=1S/C20H21N5O3S/c26-20(17-5-1-16(2-6-17)12-25-14-21-13-23-25)22-11-15-3-9-19(10-4-15)29(27,28)24-18-7-8-18/h1-6,9-10,13-14,18,24H,7-8,11-12H2,(H,22,26). The largest absolute Gasteiger partial charge is 0.348 e. The van der Waals surface area contributed by atoms with E-state index in [4.69, 9.17) is 0 Å². The molecule has 1 aliphatic carbocycles. The fourth-order valence-electron chi connectivity index (χ4n) is 2.82. The minimum absolute atomic E-state index is 0.0709. The van der Waals surface area contributed by atoms with Crippen molar-refractivity contribution in [1.82, 2.24) is 24.8 Å². The number of nitrogens with zero attached hydrogens (tertiary/aromatic N) is 3. The van der Waals surface area contributed by atoms with Gasteiger partial charge in [-0.2, -0.15) is 5.10 Å². The summed E-state index contributed by atoms with van der Waals surface area (Å²) >= 11 is 0. The average molecular weight is 411 g/mol. The predicted molar refractivity (Wildman–Crippen MR) is 107 cm³/mol. The second kappa shape index (κ2) is 8.14. The molecule has 0 aliphatic heterocycles. The molecule has 0 saturated heterocycles. The molecule has 150 valence electrons. The van der Waals surface area contributed by atoms with Crippen LogP contribution in [0.15, 0.2) is 66.1 Å². The van der Waals surface area contributed by atoms with Crippen molar-refractivity contribution in [3.8, 4) is 0 Å². The normalized spacial score (nSPS) is 13.9. The molecule has 2 N–H and O–H groups in total. The first-order valence-electron chi connectivity index (χ1n) is 9.30. The molecule has 1 heterocycles. The Hall–Kier alpha value is -3.04. The van der Waals surface area contributed by atoms with E-state index in [1.807, 2.05) is 12.1 Å². The van der Waals surface area contributed by atoms with Crippen molar-refractivity contribution < 1.29 is 13.2 Å². The topological polar surface area (TPSA) is 106 Å². The monoisotopic (exact) mass is 411 g/mol. The van der Waals surface area contributed by atoms with E-state index in [1.54, 1.807) is 47.4 Å². The molecule has 8 nitrogen and oxygen atoms in total. The summed E-state index contributed by atoms with van der Waals surface area (Å²) in [6.07, 6.45) is 4.90. The molecule has 2 aromatic carbocycles. The van der Waals surface area contributed by atoms with Crippen LogP contribution in [0, 0.1) is 0 Å². The fraction of sp³-hybridized carbons (Fsp3) is 0.250. The number of hydrogen-bond donors (Lipinski definition) is 2.